The van der Waals surface area contributed by atoms with E-state index in [1.54, 1.807) is 24.3 Å². The molecule has 0 saturated heterocycles. The molecular weight excluding hydrogens is 336 g/mol. The van der Waals surface area contributed by atoms with Crippen LogP contribution in [0.25, 0.3) is 0 Å². The van der Waals surface area contributed by atoms with Crippen molar-refractivity contribution < 1.29 is 23.1 Å². The summed E-state index contributed by atoms with van der Waals surface area (Å²) in [5.41, 5.74) is 0.434. The summed E-state index contributed by atoms with van der Waals surface area (Å²) in [6.07, 6.45) is 0.728. The van der Waals surface area contributed by atoms with Crippen molar-refractivity contribution in [1.29, 1.82) is 0 Å². The lowest BCUT2D eigenvalue weighted by atomic mass is 10.2. The second kappa shape index (κ2) is 7.92. The Morgan fingerprint density at radius 1 is 1.12 bits per heavy atom. The van der Waals surface area contributed by atoms with Gasteiger partial charge < -0.3 is 10.1 Å². The SMILES string of the molecule is CSc1ccccc1C(=O)O[C@@H](C)C(=O)Nc1ccc(F)c(F)c1. The molecule has 2 aromatic rings. The number of carbonyl (C=O) groups is 2. The molecule has 0 fully saturated rings. The van der Waals surface area contributed by atoms with Gasteiger partial charge in [-0.25, -0.2) is 13.6 Å². The van der Waals surface area contributed by atoms with Crippen LogP contribution in [0.1, 0.15) is 17.3 Å². The second-order valence-electron chi connectivity index (χ2n) is 4.87. The van der Waals surface area contributed by atoms with E-state index in [0.717, 1.165) is 17.0 Å². The lowest BCUT2D eigenvalue weighted by molar-refractivity contribution is -0.123. The predicted molar refractivity (Wildman–Crippen MR) is 88.1 cm³/mol. The van der Waals surface area contributed by atoms with Gasteiger partial charge in [0.15, 0.2) is 17.7 Å². The van der Waals surface area contributed by atoms with E-state index in [1.165, 1.54) is 24.8 Å². The van der Waals surface area contributed by atoms with Gasteiger partial charge in [0, 0.05) is 16.6 Å². The van der Waals surface area contributed by atoms with Gasteiger partial charge in [0.05, 0.1) is 5.56 Å². The van der Waals surface area contributed by atoms with E-state index in [1.807, 2.05) is 6.26 Å². The van der Waals surface area contributed by atoms with Gasteiger partial charge >= 0.3 is 5.97 Å². The number of halogens is 2. The van der Waals surface area contributed by atoms with E-state index in [2.05, 4.69) is 5.32 Å². The largest absolute Gasteiger partial charge is 0.449 e. The topological polar surface area (TPSA) is 55.4 Å². The number of esters is 1. The average molecular weight is 351 g/mol. The van der Waals surface area contributed by atoms with Crippen molar-refractivity contribution in [2.45, 2.75) is 17.9 Å². The monoisotopic (exact) mass is 351 g/mol. The smallest absolute Gasteiger partial charge is 0.340 e. The molecule has 2 rings (SSSR count). The molecule has 1 atom stereocenters. The third-order valence-electron chi connectivity index (χ3n) is 3.17. The Labute approximate surface area is 142 Å². The first-order chi connectivity index (χ1) is 11.4. The first-order valence-corrected chi connectivity index (χ1v) is 8.24. The highest BCUT2D eigenvalue weighted by atomic mass is 32.2. The Kier molecular flexibility index (Phi) is 5.92. The quantitative estimate of drug-likeness (QED) is 0.656. The first kappa shape index (κ1) is 17.9. The van der Waals surface area contributed by atoms with E-state index >= 15 is 0 Å². The van der Waals surface area contributed by atoms with Crippen LogP contribution in [0.4, 0.5) is 14.5 Å². The van der Waals surface area contributed by atoms with Crippen molar-refractivity contribution in [1.82, 2.24) is 0 Å². The minimum absolute atomic E-state index is 0.0753. The van der Waals surface area contributed by atoms with Crippen LogP contribution in [-0.2, 0) is 9.53 Å². The number of hydrogen-bond donors (Lipinski definition) is 1. The summed E-state index contributed by atoms with van der Waals surface area (Å²) in [6, 6.07) is 9.83. The molecule has 0 aromatic heterocycles. The maximum atomic E-state index is 13.1. The van der Waals surface area contributed by atoms with Crippen LogP contribution in [0.5, 0.6) is 0 Å². The number of amides is 1. The standard InChI is InChI=1S/C17H15F2NO3S/c1-10(16(21)20-11-7-8-13(18)14(19)9-11)23-17(22)12-5-3-4-6-15(12)24-2/h3-10H,1-2H3,(H,20,21)/t10-/m0/s1. The van der Waals surface area contributed by atoms with Crippen molar-refractivity contribution in [2.24, 2.45) is 0 Å². The number of anilines is 1. The Balaban J connectivity index is 2.03. The van der Waals surface area contributed by atoms with E-state index in [-0.39, 0.29) is 5.69 Å². The van der Waals surface area contributed by atoms with Crippen LogP contribution in [-0.4, -0.2) is 24.2 Å². The molecule has 0 aliphatic rings. The minimum atomic E-state index is -1.10. The van der Waals surface area contributed by atoms with E-state index in [4.69, 9.17) is 4.74 Å². The first-order valence-electron chi connectivity index (χ1n) is 7.02. The van der Waals surface area contributed by atoms with Gasteiger partial charge in [0.1, 0.15) is 0 Å². The molecule has 126 valence electrons. The number of ether oxygens (including phenoxy) is 1. The molecule has 2 aromatic carbocycles. The minimum Gasteiger partial charge on any atom is -0.449 e. The third kappa shape index (κ3) is 4.32. The summed E-state index contributed by atoms with van der Waals surface area (Å²) in [5.74, 6) is -3.36. The molecule has 1 amide bonds. The van der Waals surface area contributed by atoms with Crippen molar-refractivity contribution >= 4 is 29.3 Å². The Bertz CT molecular complexity index is 767. The van der Waals surface area contributed by atoms with Crippen molar-refractivity contribution in [3.63, 3.8) is 0 Å². The molecule has 4 nitrogen and oxygen atoms in total. The predicted octanol–water partition coefficient (Wildman–Crippen LogP) is 3.87. The summed E-state index contributed by atoms with van der Waals surface area (Å²) in [4.78, 5) is 24.9. The fourth-order valence-corrected chi connectivity index (χ4v) is 2.49. The molecular formula is C17H15F2NO3S. The van der Waals surface area contributed by atoms with Crippen LogP contribution in [0.15, 0.2) is 47.4 Å². The molecule has 0 radical (unpaired) electrons. The van der Waals surface area contributed by atoms with Gasteiger partial charge in [-0.2, -0.15) is 0 Å². The molecule has 1 N–H and O–H groups in total. The van der Waals surface area contributed by atoms with Gasteiger partial charge in [-0.15, -0.1) is 11.8 Å². The molecule has 0 spiro atoms. The zero-order valence-electron chi connectivity index (χ0n) is 13.0. The summed E-state index contributed by atoms with van der Waals surface area (Å²) < 4.78 is 31.1. The fraction of sp³-hybridized carbons (Fsp3) is 0.176. The van der Waals surface area contributed by atoms with Crippen LogP contribution >= 0.6 is 11.8 Å². The molecule has 0 unspecified atom stereocenters. The zero-order valence-corrected chi connectivity index (χ0v) is 13.8. The van der Waals surface area contributed by atoms with Crippen LogP contribution in [0.3, 0.4) is 0 Å². The number of rotatable bonds is 5. The summed E-state index contributed by atoms with van der Waals surface area (Å²) in [6.45, 7) is 1.40. The highest BCUT2D eigenvalue weighted by Gasteiger charge is 2.21. The molecule has 0 saturated carbocycles. The Morgan fingerprint density at radius 3 is 2.50 bits per heavy atom. The Morgan fingerprint density at radius 2 is 1.83 bits per heavy atom. The highest BCUT2D eigenvalue weighted by molar-refractivity contribution is 7.98. The number of carbonyl (C=O) groups excluding carboxylic acids is 2. The van der Waals surface area contributed by atoms with E-state index in [9.17, 15) is 18.4 Å². The molecule has 0 bridgehead atoms. The lowest BCUT2D eigenvalue weighted by Gasteiger charge is -2.14. The van der Waals surface area contributed by atoms with E-state index < -0.39 is 29.6 Å². The zero-order chi connectivity index (χ0) is 17.7. The molecule has 0 heterocycles. The maximum absolute atomic E-state index is 13.1. The van der Waals surface area contributed by atoms with Crippen LogP contribution < -0.4 is 5.32 Å². The van der Waals surface area contributed by atoms with Gasteiger partial charge in [-0.05, 0) is 37.4 Å². The van der Waals surface area contributed by atoms with Crippen LogP contribution in [0.2, 0.25) is 0 Å². The number of nitrogens with one attached hydrogen (secondary N) is 1. The average Bonchev–Trinajstić information content (AvgIpc) is 2.57. The summed E-state index contributed by atoms with van der Waals surface area (Å²) in [7, 11) is 0. The van der Waals surface area contributed by atoms with Crippen molar-refractivity contribution in [2.75, 3.05) is 11.6 Å². The Hall–Kier alpha value is -2.41. The number of hydrogen-bond acceptors (Lipinski definition) is 4. The van der Waals surface area contributed by atoms with E-state index in [0.29, 0.717) is 5.56 Å². The van der Waals surface area contributed by atoms with Gasteiger partial charge in [0.2, 0.25) is 0 Å². The molecule has 24 heavy (non-hydrogen) atoms. The lowest BCUT2D eigenvalue weighted by Crippen LogP contribution is -2.30. The highest BCUT2D eigenvalue weighted by Crippen LogP contribution is 2.21. The maximum Gasteiger partial charge on any atom is 0.340 e. The molecule has 0 aliphatic heterocycles. The fourth-order valence-electron chi connectivity index (χ4n) is 1.91. The third-order valence-corrected chi connectivity index (χ3v) is 3.96. The van der Waals surface area contributed by atoms with Gasteiger partial charge in [-0.3, -0.25) is 4.79 Å². The van der Waals surface area contributed by atoms with Gasteiger partial charge in [-0.1, -0.05) is 12.1 Å². The second-order valence-corrected chi connectivity index (χ2v) is 5.71. The molecule has 0 aliphatic carbocycles. The summed E-state index contributed by atoms with van der Waals surface area (Å²) >= 11 is 1.39. The van der Waals surface area contributed by atoms with Crippen molar-refractivity contribution in [3.8, 4) is 0 Å². The summed E-state index contributed by atoms with van der Waals surface area (Å²) in [5, 5.41) is 2.37. The molecule has 7 heteroatoms. The van der Waals surface area contributed by atoms with Crippen LogP contribution in [0, 0.1) is 11.6 Å². The normalized spacial score (nSPS) is 11.7. The number of benzene rings is 2. The number of thioether (sulfide) groups is 1. The van der Waals surface area contributed by atoms with Gasteiger partial charge in [0.25, 0.3) is 5.91 Å². The van der Waals surface area contributed by atoms with Crippen molar-refractivity contribution in [3.05, 3.63) is 59.7 Å².